The number of aromatic nitrogens is 2. The largest absolute Gasteiger partial charge is 0.394 e. The fourth-order valence-corrected chi connectivity index (χ4v) is 1.64. The molecule has 5 N–H and O–H groups in total. The highest BCUT2D eigenvalue weighted by atomic mass is 19.1. The van der Waals surface area contributed by atoms with Crippen molar-refractivity contribution < 1.29 is 24.4 Å². The molecule has 1 fully saturated rings. The van der Waals surface area contributed by atoms with Gasteiger partial charge < -0.3 is 30.4 Å². The van der Waals surface area contributed by atoms with Crippen LogP contribution in [0.15, 0.2) is 11.0 Å². The van der Waals surface area contributed by atoms with Gasteiger partial charge in [-0.05, 0) is 0 Å². The Morgan fingerprint density at radius 3 is 2.83 bits per heavy atom. The summed E-state index contributed by atoms with van der Waals surface area (Å²) in [6, 6.07) is 0. The van der Waals surface area contributed by atoms with E-state index in [1.165, 1.54) is 0 Å². The number of nitrogens with one attached hydrogen (secondary N) is 2. The third-order valence-electron chi connectivity index (χ3n) is 2.58. The summed E-state index contributed by atoms with van der Waals surface area (Å²) in [6.45, 7) is -0.498. The first-order valence-corrected chi connectivity index (χ1v) is 5.17. The molecule has 0 spiro atoms. The molecule has 0 aliphatic carbocycles. The third kappa shape index (κ3) is 2.34. The van der Waals surface area contributed by atoms with Crippen LogP contribution in [-0.4, -0.2) is 56.4 Å². The summed E-state index contributed by atoms with van der Waals surface area (Å²) in [5.41, 5.74) is -0.773. The van der Waals surface area contributed by atoms with Gasteiger partial charge in [0.05, 0.1) is 6.61 Å². The van der Waals surface area contributed by atoms with Crippen molar-refractivity contribution in [2.24, 2.45) is 0 Å². The molecule has 0 unspecified atom stereocenters. The molecule has 100 valence electrons. The highest BCUT2D eigenvalue weighted by molar-refractivity contribution is 5.35. The second-order valence-electron chi connectivity index (χ2n) is 3.81. The van der Waals surface area contributed by atoms with Crippen LogP contribution in [0.3, 0.4) is 0 Å². The summed E-state index contributed by atoms with van der Waals surface area (Å²) in [5.74, 6) is -1.25. The number of aromatic amines is 1. The van der Waals surface area contributed by atoms with Gasteiger partial charge in [0.25, 0.3) is 0 Å². The van der Waals surface area contributed by atoms with Gasteiger partial charge in [-0.3, -0.25) is 0 Å². The second-order valence-corrected chi connectivity index (χ2v) is 3.81. The molecule has 0 amide bonds. The number of aliphatic hydroxyl groups is 3. The molecular formula is C9H12FN3O5. The molecule has 9 heteroatoms. The molecule has 1 aromatic rings. The van der Waals surface area contributed by atoms with Crippen LogP contribution in [-0.2, 0) is 4.74 Å². The van der Waals surface area contributed by atoms with E-state index in [0.717, 1.165) is 6.20 Å². The van der Waals surface area contributed by atoms with Crippen LogP contribution >= 0.6 is 0 Å². The summed E-state index contributed by atoms with van der Waals surface area (Å²) < 4.78 is 18.3. The Bertz CT molecular complexity index is 482. The van der Waals surface area contributed by atoms with Crippen molar-refractivity contribution in [2.45, 2.75) is 24.5 Å². The number of H-pyrrole nitrogens is 1. The number of hydrogen-bond donors (Lipinski definition) is 5. The Balaban J connectivity index is 2.15. The first-order valence-electron chi connectivity index (χ1n) is 5.17. The van der Waals surface area contributed by atoms with Gasteiger partial charge in [-0.1, -0.05) is 0 Å². The lowest BCUT2D eigenvalue weighted by atomic mass is 10.1. The molecule has 1 aliphatic heterocycles. The Hall–Kier alpha value is -1.55. The lowest BCUT2D eigenvalue weighted by molar-refractivity contribution is -0.0154. The predicted octanol–water partition coefficient (Wildman–Crippen LogP) is -2.24. The van der Waals surface area contributed by atoms with Crippen LogP contribution in [0, 0.1) is 5.82 Å². The van der Waals surface area contributed by atoms with Crippen LogP contribution < -0.4 is 11.0 Å². The van der Waals surface area contributed by atoms with Crippen LogP contribution in [0.25, 0.3) is 0 Å². The number of rotatable bonds is 3. The first-order chi connectivity index (χ1) is 8.52. The number of halogens is 1. The summed E-state index contributed by atoms with van der Waals surface area (Å²) in [7, 11) is 0. The zero-order valence-electron chi connectivity index (χ0n) is 9.08. The first kappa shape index (κ1) is 12.9. The van der Waals surface area contributed by atoms with Crippen molar-refractivity contribution >= 4 is 5.82 Å². The average molecular weight is 261 g/mol. The van der Waals surface area contributed by atoms with E-state index in [4.69, 9.17) is 9.84 Å². The molecule has 0 saturated carbocycles. The van der Waals surface area contributed by atoms with Crippen molar-refractivity contribution in [2.75, 3.05) is 11.9 Å². The normalized spacial score (nSPS) is 31.6. The van der Waals surface area contributed by atoms with E-state index in [9.17, 15) is 19.4 Å². The predicted molar refractivity (Wildman–Crippen MR) is 56.2 cm³/mol. The molecule has 2 rings (SSSR count). The van der Waals surface area contributed by atoms with Gasteiger partial charge in [0.1, 0.15) is 18.3 Å². The average Bonchev–Trinajstić information content (AvgIpc) is 2.62. The summed E-state index contributed by atoms with van der Waals surface area (Å²) >= 11 is 0. The van der Waals surface area contributed by atoms with E-state index in [1.54, 1.807) is 0 Å². The van der Waals surface area contributed by atoms with Crippen LogP contribution in [0.1, 0.15) is 0 Å². The van der Waals surface area contributed by atoms with Gasteiger partial charge in [-0.2, -0.15) is 4.98 Å². The third-order valence-corrected chi connectivity index (χ3v) is 2.58. The quantitative estimate of drug-likeness (QED) is 0.416. The van der Waals surface area contributed by atoms with E-state index in [-0.39, 0.29) is 0 Å². The van der Waals surface area contributed by atoms with Crippen molar-refractivity contribution in [1.82, 2.24) is 9.97 Å². The van der Waals surface area contributed by atoms with Gasteiger partial charge in [0.2, 0.25) is 0 Å². The fourth-order valence-electron chi connectivity index (χ4n) is 1.64. The van der Waals surface area contributed by atoms with E-state index >= 15 is 0 Å². The van der Waals surface area contributed by atoms with Crippen LogP contribution in [0.2, 0.25) is 0 Å². The van der Waals surface area contributed by atoms with E-state index in [2.05, 4.69) is 10.3 Å². The van der Waals surface area contributed by atoms with E-state index < -0.39 is 48.5 Å². The summed E-state index contributed by atoms with van der Waals surface area (Å²) in [6.07, 6.45) is -4.03. The van der Waals surface area contributed by atoms with Crippen molar-refractivity contribution in [3.63, 3.8) is 0 Å². The van der Waals surface area contributed by atoms with Gasteiger partial charge in [0.15, 0.2) is 17.9 Å². The lowest BCUT2D eigenvalue weighted by Gasteiger charge is -2.16. The molecule has 1 aliphatic rings. The van der Waals surface area contributed by atoms with Gasteiger partial charge in [0, 0.05) is 6.20 Å². The Kier molecular flexibility index (Phi) is 3.57. The lowest BCUT2D eigenvalue weighted by Crippen LogP contribution is -2.37. The highest BCUT2D eigenvalue weighted by Gasteiger charge is 2.42. The molecular weight excluding hydrogens is 249 g/mol. The monoisotopic (exact) mass is 261 g/mol. The maximum absolute atomic E-state index is 13.3. The summed E-state index contributed by atoms with van der Waals surface area (Å²) in [4.78, 5) is 16.3. The van der Waals surface area contributed by atoms with Crippen molar-refractivity contribution in [1.29, 1.82) is 0 Å². The number of hydrogen-bond acceptors (Lipinski definition) is 7. The zero-order chi connectivity index (χ0) is 13.3. The maximum Gasteiger partial charge on any atom is 0.347 e. The minimum atomic E-state index is -1.37. The van der Waals surface area contributed by atoms with E-state index in [1.807, 2.05) is 4.98 Å². The Morgan fingerprint density at radius 1 is 1.50 bits per heavy atom. The number of ether oxygens (including phenoxy) is 1. The standard InChI is InChI=1S/C9H12FN3O5/c10-3-1-11-9(17)13-7(3)12-8-6(16)5(15)4(2-14)18-8/h1,4-6,8,14-16H,2H2,(H2,11,12,13,17)/t4-,5-,6+,8-/m0/s1. The zero-order valence-corrected chi connectivity index (χ0v) is 9.08. The van der Waals surface area contributed by atoms with Crippen LogP contribution in [0.5, 0.6) is 0 Å². The Labute approximate surface area is 100 Å². The fraction of sp³-hybridized carbons (Fsp3) is 0.556. The van der Waals surface area contributed by atoms with Gasteiger partial charge >= 0.3 is 5.69 Å². The van der Waals surface area contributed by atoms with Crippen LogP contribution in [0.4, 0.5) is 10.2 Å². The number of nitrogens with zero attached hydrogens (tertiary/aromatic N) is 1. The maximum atomic E-state index is 13.3. The smallest absolute Gasteiger partial charge is 0.347 e. The van der Waals surface area contributed by atoms with Gasteiger partial charge in [-0.25, -0.2) is 9.18 Å². The number of anilines is 1. The molecule has 0 aromatic carbocycles. The molecule has 0 bridgehead atoms. The number of aliphatic hydroxyl groups excluding tert-OH is 3. The molecule has 1 aromatic heterocycles. The van der Waals surface area contributed by atoms with Gasteiger partial charge in [-0.15, -0.1) is 0 Å². The van der Waals surface area contributed by atoms with Crippen molar-refractivity contribution in [3.8, 4) is 0 Å². The molecule has 2 heterocycles. The minimum Gasteiger partial charge on any atom is -0.394 e. The highest BCUT2D eigenvalue weighted by Crippen LogP contribution is 2.22. The van der Waals surface area contributed by atoms with Crippen molar-refractivity contribution in [3.05, 3.63) is 22.5 Å². The Morgan fingerprint density at radius 2 is 2.22 bits per heavy atom. The topological polar surface area (TPSA) is 128 Å². The summed E-state index contributed by atoms with van der Waals surface area (Å²) in [5, 5.41) is 30.3. The molecule has 0 radical (unpaired) electrons. The minimum absolute atomic E-state index is 0.409. The molecule has 4 atom stereocenters. The second kappa shape index (κ2) is 4.98. The van der Waals surface area contributed by atoms with E-state index in [0.29, 0.717) is 0 Å². The SMILES string of the molecule is O=c1nc(N[C@H]2O[C@@H](CO)[C@H](O)[C@H]2O)c(F)c[nH]1. The molecule has 1 saturated heterocycles. The molecule has 8 nitrogen and oxygen atoms in total. The molecule has 18 heavy (non-hydrogen) atoms.